The van der Waals surface area contributed by atoms with Gasteiger partial charge in [0.2, 0.25) is 5.91 Å². The minimum atomic E-state index is 0.0105. The summed E-state index contributed by atoms with van der Waals surface area (Å²) in [5, 5.41) is 6.51. The number of nitrogens with one attached hydrogen (secondary N) is 2. The van der Waals surface area contributed by atoms with Gasteiger partial charge in [-0.3, -0.25) is 9.78 Å². The number of pyridine rings is 1. The first-order chi connectivity index (χ1) is 12.2. The summed E-state index contributed by atoms with van der Waals surface area (Å²) < 4.78 is 5.99. The SMILES string of the molecule is CC(CC(=O)Nc1ccccc1)N[C@H]1CCCO[C@@H]1c1ccncc1. The Labute approximate surface area is 148 Å². The molecule has 5 nitrogen and oxygen atoms in total. The van der Waals surface area contributed by atoms with Crippen molar-refractivity contribution >= 4 is 11.6 Å². The first kappa shape index (κ1) is 17.6. The molecule has 0 spiro atoms. The van der Waals surface area contributed by atoms with Crippen molar-refractivity contribution in [2.75, 3.05) is 11.9 Å². The van der Waals surface area contributed by atoms with Crippen LogP contribution < -0.4 is 10.6 Å². The number of amides is 1. The van der Waals surface area contributed by atoms with Gasteiger partial charge >= 0.3 is 0 Å². The van der Waals surface area contributed by atoms with Crippen molar-refractivity contribution in [3.05, 3.63) is 60.4 Å². The average molecular weight is 339 g/mol. The molecule has 3 atom stereocenters. The Balaban J connectivity index is 1.55. The van der Waals surface area contributed by atoms with Gasteiger partial charge in [0.25, 0.3) is 0 Å². The molecule has 25 heavy (non-hydrogen) atoms. The summed E-state index contributed by atoms with van der Waals surface area (Å²) in [7, 11) is 0. The van der Waals surface area contributed by atoms with Gasteiger partial charge in [0.05, 0.1) is 6.10 Å². The zero-order valence-corrected chi connectivity index (χ0v) is 14.5. The van der Waals surface area contributed by atoms with Crippen LogP contribution in [0.25, 0.3) is 0 Å². The fraction of sp³-hybridized carbons (Fsp3) is 0.400. The molecule has 1 aliphatic heterocycles. The lowest BCUT2D eigenvalue weighted by atomic mass is 9.95. The molecule has 0 bridgehead atoms. The van der Waals surface area contributed by atoms with E-state index in [1.54, 1.807) is 12.4 Å². The average Bonchev–Trinajstić information content (AvgIpc) is 2.63. The van der Waals surface area contributed by atoms with Crippen LogP contribution in [0.2, 0.25) is 0 Å². The molecule has 2 heterocycles. The Kier molecular flexibility index (Phi) is 6.14. The number of ether oxygens (including phenoxy) is 1. The van der Waals surface area contributed by atoms with Crippen LogP contribution in [0.4, 0.5) is 5.69 Å². The number of hydrogen-bond donors (Lipinski definition) is 2. The zero-order chi connectivity index (χ0) is 17.5. The van der Waals surface area contributed by atoms with E-state index in [9.17, 15) is 4.79 Å². The number of anilines is 1. The summed E-state index contributed by atoms with van der Waals surface area (Å²) in [4.78, 5) is 16.3. The first-order valence-corrected chi connectivity index (χ1v) is 8.85. The third kappa shape index (κ3) is 5.11. The molecule has 3 rings (SSSR count). The van der Waals surface area contributed by atoms with E-state index in [4.69, 9.17) is 4.74 Å². The molecule has 5 heteroatoms. The van der Waals surface area contributed by atoms with E-state index in [0.29, 0.717) is 6.42 Å². The summed E-state index contributed by atoms with van der Waals surface area (Å²) in [6, 6.07) is 13.8. The molecule has 0 saturated carbocycles. The molecular formula is C20H25N3O2. The molecule has 1 amide bonds. The van der Waals surface area contributed by atoms with Gasteiger partial charge in [0, 0.05) is 43.2 Å². The van der Waals surface area contributed by atoms with E-state index in [2.05, 4.69) is 15.6 Å². The predicted octanol–water partition coefficient (Wildman–Crippen LogP) is 3.31. The molecule has 0 radical (unpaired) electrons. The number of aromatic nitrogens is 1. The Hall–Kier alpha value is -2.24. The van der Waals surface area contributed by atoms with Gasteiger partial charge in [-0.05, 0) is 49.6 Å². The zero-order valence-electron chi connectivity index (χ0n) is 14.5. The molecule has 132 valence electrons. The molecule has 0 aliphatic carbocycles. The normalized spacial score (nSPS) is 21.5. The van der Waals surface area contributed by atoms with E-state index in [0.717, 1.165) is 30.7 Å². The van der Waals surface area contributed by atoms with Crippen molar-refractivity contribution in [3.63, 3.8) is 0 Å². The number of rotatable bonds is 6. The van der Waals surface area contributed by atoms with Crippen LogP contribution in [0, 0.1) is 0 Å². The van der Waals surface area contributed by atoms with Crippen LogP contribution in [0.1, 0.15) is 37.9 Å². The van der Waals surface area contributed by atoms with Crippen molar-refractivity contribution in [3.8, 4) is 0 Å². The van der Waals surface area contributed by atoms with E-state index >= 15 is 0 Å². The van der Waals surface area contributed by atoms with Crippen LogP contribution >= 0.6 is 0 Å². The second kappa shape index (κ2) is 8.74. The van der Waals surface area contributed by atoms with Gasteiger partial charge in [-0.15, -0.1) is 0 Å². The van der Waals surface area contributed by atoms with Crippen molar-refractivity contribution in [2.24, 2.45) is 0 Å². The summed E-state index contributed by atoms with van der Waals surface area (Å²) in [5.41, 5.74) is 1.96. The van der Waals surface area contributed by atoms with Crippen molar-refractivity contribution in [1.82, 2.24) is 10.3 Å². The van der Waals surface area contributed by atoms with Crippen LogP contribution in [-0.2, 0) is 9.53 Å². The molecule has 1 fully saturated rings. The molecular weight excluding hydrogens is 314 g/mol. The number of benzene rings is 1. The number of carbonyl (C=O) groups is 1. The highest BCUT2D eigenvalue weighted by Crippen LogP contribution is 2.28. The number of nitrogens with zero attached hydrogens (tertiary/aromatic N) is 1. The number of carbonyl (C=O) groups excluding carboxylic acids is 1. The van der Waals surface area contributed by atoms with Crippen molar-refractivity contribution in [1.29, 1.82) is 0 Å². The van der Waals surface area contributed by atoms with Gasteiger partial charge in [-0.25, -0.2) is 0 Å². The third-order valence-electron chi connectivity index (χ3n) is 4.40. The Morgan fingerprint density at radius 1 is 1.24 bits per heavy atom. The quantitative estimate of drug-likeness (QED) is 0.847. The smallest absolute Gasteiger partial charge is 0.225 e. The lowest BCUT2D eigenvalue weighted by Crippen LogP contribution is -2.45. The van der Waals surface area contributed by atoms with Crippen molar-refractivity contribution in [2.45, 2.75) is 44.4 Å². The topological polar surface area (TPSA) is 63.2 Å². The summed E-state index contributed by atoms with van der Waals surface area (Å²) in [5.74, 6) is 0.0170. The van der Waals surface area contributed by atoms with E-state index in [-0.39, 0.29) is 24.1 Å². The Bertz CT molecular complexity index is 663. The van der Waals surface area contributed by atoms with E-state index in [1.165, 1.54) is 0 Å². The van der Waals surface area contributed by atoms with Crippen LogP contribution in [0.3, 0.4) is 0 Å². The molecule has 1 saturated heterocycles. The lowest BCUT2D eigenvalue weighted by Gasteiger charge is -2.34. The highest BCUT2D eigenvalue weighted by Gasteiger charge is 2.28. The van der Waals surface area contributed by atoms with Crippen LogP contribution in [-0.4, -0.2) is 29.6 Å². The van der Waals surface area contributed by atoms with E-state index < -0.39 is 0 Å². The first-order valence-electron chi connectivity index (χ1n) is 8.85. The Morgan fingerprint density at radius 2 is 2.00 bits per heavy atom. The summed E-state index contributed by atoms with van der Waals surface area (Å²) in [6.45, 7) is 2.82. The molecule has 2 aromatic rings. The fourth-order valence-electron chi connectivity index (χ4n) is 3.27. The van der Waals surface area contributed by atoms with Crippen LogP contribution in [0.5, 0.6) is 0 Å². The molecule has 1 unspecified atom stereocenters. The maximum atomic E-state index is 12.2. The largest absolute Gasteiger partial charge is 0.372 e. The van der Waals surface area contributed by atoms with E-state index in [1.807, 2.05) is 49.4 Å². The second-order valence-corrected chi connectivity index (χ2v) is 6.51. The minimum absolute atomic E-state index is 0.0105. The van der Waals surface area contributed by atoms with Gasteiger partial charge in [0.1, 0.15) is 0 Å². The van der Waals surface area contributed by atoms with Crippen molar-refractivity contribution < 1.29 is 9.53 Å². The molecule has 1 aliphatic rings. The molecule has 1 aromatic heterocycles. The van der Waals surface area contributed by atoms with Gasteiger partial charge in [-0.2, -0.15) is 0 Å². The summed E-state index contributed by atoms with van der Waals surface area (Å²) in [6.07, 6.45) is 6.09. The predicted molar refractivity (Wildman–Crippen MR) is 98.2 cm³/mol. The lowest BCUT2D eigenvalue weighted by molar-refractivity contribution is -0.116. The van der Waals surface area contributed by atoms with Crippen LogP contribution in [0.15, 0.2) is 54.9 Å². The fourth-order valence-corrected chi connectivity index (χ4v) is 3.27. The molecule has 1 aromatic carbocycles. The monoisotopic (exact) mass is 339 g/mol. The van der Waals surface area contributed by atoms with Gasteiger partial charge in [0.15, 0.2) is 0 Å². The maximum absolute atomic E-state index is 12.2. The summed E-state index contributed by atoms with van der Waals surface area (Å²) >= 11 is 0. The highest BCUT2D eigenvalue weighted by molar-refractivity contribution is 5.91. The highest BCUT2D eigenvalue weighted by atomic mass is 16.5. The third-order valence-corrected chi connectivity index (χ3v) is 4.40. The number of para-hydroxylation sites is 1. The van der Waals surface area contributed by atoms with Gasteiger partial charge in [-0.1, -0.05) is 18.2 Å². The maximum Gasteiger partial charge on any atom is 0.225 e. The minimum Gasteiger partial charge on any atom is -0.372 e. The Morgan fingerprint density at radius 3 is 2.76 bits per heavy atom. The van der Waals surface area contributed by atoms with Gasteiger partial charge < -0.3 is 15.4 Å². The standard InChI is InChI=1S/C20H25N3O2/c1-15(14-19(24)23-17-6-3-2-4-7-17)22-18-8-5-13-25-20(18)16-9-11-21-12-10-16/h2-4,6-7,9-12,15,18,20,22H,5,8,13-14H2,1H3,(H,23,24)/t15?,18-,20+/m0/s1. The second-order valence-electron chi connectivity index (χ2n) is 6.51. The number of hydrogen-bond acceptors (Lipinski definition) is 4. The molecule has 2 N–H and O–H groups in total.